The van der Waals surface area contributed by atoms with Crippen LogP contribution in [0.4, 0.5) is 14.5 Å². The molecule has 0 spiro atoms. The van der Waals surface area contributed by atoms with E-state index in [4.69, 9.17) is 4.74 Å². The zero-order chi connectivity index (χ0) is 22.5. The fraction of sp³-hybridized carbons (Fsp3) is 0.120. The molecule has 0 bridgehead atoms. The number of amidine groups is 1. The summed E-state index contributed by atoms with van der Waals surface area (Å²) in [6, 6.07) is 19.5. The van der Waals surface area contributed by atoms with Gasteiger partial charge in [0.2, 0.25) is 0 Å². The molecule has 1 aliphatic heterocycles. The zero-order valence-corrected chi connectivity index (χ0v) is 18.1. The number of rotatable bonds is 6. The molecule has 0 aromatic heterocycles. The van der Waals surface area contributed by atoms with Crippen molar-refractivity contribution in [2.75, 3.05) is 6.54 Å². The Balaban J connectivity index is 1.47. The zero-order valence-electron chi connectivity index (χ0n) is 17.3. The minimum Gasteiger partial charge on any atom is -0.489 e. The SMILES string of the molecule is CCN1C(=O)/C(=C\c2ccc(OCc3ccccc3F)cc2)SC1=Nc1ccc(F)cc1. The first-order valence-corrected chi connectivity index (χ1v) is 10.9. The first-order valence-electron chi connectivity index (χ1n) is 10.1. The predicted molar refractivity (Wildman–Crippen MR) is 124 cm³/mol. The van der Waals surface area contributed by atoms with Crippen molar-refractivity contribution < 1.29 is 18.3 Å². The number of halogens is 2. The van der Waals surface area contributed by atoms with E-state index in [0.717, 1.165) is 5.56 Å². The molecule has 0 N–H and O–H groups in total. The van der Waals surface area contributed by atoms with Crippen LogP contribution in [-0.2, 0) is 11.4 Å². The van der Waals surface area contributed by atoms with Gasteiger partial charge in [-0.05, 0) is 72.8 Å². The second kappa shape index (κ2) is 9.78. The van der Waals surface area contributed by atoms with Gasteiger partial charge in [-0.3, -0.25) is 9.69 Å². The number of carbonyl (C=O) groups excluding carboxylic acids is 1. The van der Waals surface area contributed by atoms with Crippen molar-refractivity contribution in [1.29, 1.82) is 0 Å². The van der Waals surface area contributed by atoms with E-state index in [9.17, 15) is 13.6 Å². The van der Waals surface area contributed by atoms with Gasteiger partial charge in [0.25, 0.3) is 5.91 Å². The highest BCUT2D eigenvalue weighted by Crippen LogP contribution is 2.34. The lowest BCUT2D eigenvalue weighted by Crippen LogP contribution is -2.28. The molecule has 0 unspecified atom stereocenters. The molecule has 7 heteroatoms. The van der Waals surface area contributed by atoms with Crippen molar-refractivity contribution in [2.24, 2.45) is 4.99 Å². The van der Waals surface area contributed by atoms with Crippen molar-refractivity contribution in [3.8, 4) is 5.75 Å². The van der Waals surface area contributed by atoms with Crippen LogP contribution < -0.4 is 4.74 Å². The number of carbonyl (C=O) groups is 1. The topological polar surface area (TPSA) is 41.9 Å². The third-order valence-corrected chi connectivity index (χ3v) is 5.79. The summed E-state index contributed by atoms with van der Waals surface area (Å²) in [7, 11) is 0. The molecule has 3 aromatic rings. The number of benzene rings is 3. The lowest BCUT2D eigenvalue weighted by molar-refractivity contribution is -0.122. The van der Waals surface area contributed by atoms with Gasteiger partial charge < -0.3 is 4.74 Å². The van der Waals surface area contributed by atoms with Gasteiger partial charge in [-0.15, -0.1) is 0 Å². The van der Waals surface area contributed by atoms with Gasteiger partial charge in [0.1, 0.15) is 24.0 Å². The fourth-order valence-corrected chi connectivity index (χ4v) is 4.15. The van der Waals surface area contributed by atoms with Gasteiger partial charge >= 0.3 is 0 Å². The van der Waals surface area contributed by atoms with Gasteiger partial charge in [-0.2, -0.15) is 0 Å². The summed E-state index contributed by atoms with van der Waals surface area (Å²) in [6.07, 6.45) is 1.80. The number of likely N-dealkylation sites (N-methyl/N-ethyl adjacent to an activating group) is 1. The maximum absolute atomic E-state index is 13.7. The van der Waals surface area contributed by atoms with Crippen LogP contribution in [0.3, 0.4) is 0 Å². The standard InChI is InChI=1S/C25H20F2N2O2S/c1-2-29-24(30)23(32-25(29)28-20-11-9-19(26)10-12-20)15-17-7-13-21(14-8-17)31-16-18-5-3-4-6-22(18)27/h3-15H,2,16H2,1H3/b23-15+,28-25?. The molecule has 1 amide bonds. The molecule has 3 aromatic carbocycles. The van der Waals surface area contributed by atoms with E-state index in [1.807, 2.05) is 19.1 Å². The first-order chi connectivity index (χ1) is 15.5. The maximum Gasteiger partial charge on any atom is 0.266 e. The van der Waals surface area contributed by atoms with Gasteiger partial charge in [0.15, 0.2) is 5.17 Å². The second-order valence-electron chi connectivity index (χ2n) is 6.98. The summed E-state index contributed by atoms with van der Waals surface area (Å²) in [5, 5.41) is 0.556. The van der Waals surface area contributed by atoms with E-state index in [-0.39, 0.29) is 24.1 Å². The largest absolute Gasteiger partial charge is 0.489 e. The number of amides is 1. The number of thioether (sulfide) groups is 1. The number of aliphatic imine (C=N–C) groups is 1. The van der Waals surface area contributed by atoms with E-state index < -0.39 is 0 Å². The van der Waals surface area contributed by atoms with Crippen molar-refractivity contribution in [1.82, 2.24) is 4.90 Å². The van der Waals surface area contributed by atoms with Crippen LogP contribution in [-0.4, -0.2) is 22.5 Å². The van der Waals surface area contributed by atoms with Crippen LogP contribution in [0.1, 0.15) is 18.1 Å². The molecule has 0 radical (unpaired) electrons. The smallest absolute Gasteiger partial charge is 0.266 e. The highest BCUT2D eigenvalue weighted by Gasteiger charge is 2.32. The van der Waals surface area contributed by atoms with E-state index in [1.54, 1.807) is 53.4 Å². The molecule has 1 aliphatic rings. The molecule has 0 aliphatic carbocycles. The number of hydrogen-bond acceptors (Lipinski definition) is 4. The third-order valence-electron chi connectivity index (χ3n) is 4.79. The highest BCUT2D eigenvalue weighted by molar-refractivity contribution is 8.18. The molecule has 1 fully saturated rings. The Morgan fingerprint density at radius 1 is 1.00 bits per heavy atom. The van der Waals surface area contributed by atoms with Crippen molar-refractivity contribution >= 4 is 34.6 Å². The van der Waals surface area contributed by atoms with Gasteiger partial charge in [-0.1, -0.05) is 30.3 Å². The van der Waals surface area contributed by atoms with E-state index in [2.05, 4.69) is 4.99 Å². The first kappa shape index (κ1) is 21.8. The van der Waals surface area contributed by atoms with Crippen molar-refractivity contribution in [2.45, 2.75) is 13.5 Å². The molecule has 162 valence electrons. The van der Waals surface area contributed by atoms with Crippen LogP contribution in [0.15, 0.2) is 82.7 Å². The lowest BCUT2D eigenvalue weighted by atomic mass is 10.2. The molecular formula is C25H20F2N2O2S. The van der Waals surface area contributed by atoms with Crippen LogP contribution in [0.25, 0.3) is 6.08 Å². The van der Waals surface area contributed by atoms with E-state index >= 15 is 0 Å². The quantitative estimate of drug-likeness (QED) is 0.422. The normalized spacial score (nSPS) is 16.2. The monoisotopic (exact) mass is 450 g/mol. The number of hydrogen-bond donors (Lipinski definition) is 0. The molecule has 1 saturated heterocycles. The fourth-order valence-electron chi connectivity index (χ4n) is 3.08. The summed E-state index contributed by atoms with van der Waals surface area (Å²) < 4.78 is 32.5. The summed E-state index contributed by atoms with van der Waals surface area (Å²) >= 11 is 1.28. The van der Waals surface area contributed by atoms with Crippen molar-refractivity contribution in [3.05, 3.63) is 100 Å². The Bertz CT molecular complexity index is 1180. The summed E-state index contributed by atoms with van der Waals surface area (Å²) in [4.78, 5) is 19.4. The molecule has 1 heterocycles. The summed E-state index contributed by atoms with van der Waals surface area (Å²) in [5.74, 6) is -0.157. The number of nitrogens with zero attached hydrogens (tertiary/aromatic N) is 2. The van der Waals surface area contributed by atoms with Crippen LogP contribution >= 0.6 is 11.8 Å². The Morgan fingerprint density at radius 3 is 2.41 bits per heavy atom. The third kappa shape index (κ3) is 5.06. The molecule has 0 saturated carbocycles. The summed E-state index contributed by atoms with van der Waals surface area (Å²) in [6.45, 7) is 2.49. The number of ether oxygens (including phenoxy) is 1. The van der Waals surface area contributed by atoms with Crippen LogP contribution in [0, 0.1) is 11.6 Å². The van der Waals surface area contributed by atoms with E-state index in [1.165, 1.54) is 30.0 Å². The molecule has 32 heavy (non-hydrogen) atoms. The maximum atomic E-state index is 13.7. The van der Waals surface area contributed by atoms with Gasteiger partial charge in [0.05, 0.1) is 10.6 Å². The average molecular weight is 451 g/mol. The lowest BCUT2D eigenvalue weighted by Gasteiger charge is -2.11. The van der Waals surface area contributed by atoms with Gasteiger partial charge in [-0.25, -0.2) is 13.8 Å². The Hall–Kier alpha value is -3.45. The molecule has 4 nitrogen and oxygen atoms in total. The Morgan fingerprint density at radius 2 is 1.72 bits per heavy atom. The molecule has 0 atom stereocenters. The molecule has 4 rings (SSSR count). The second-order valence-corrected chi connectivity index (χ2v) is 7.99. The Labute approximate surface area is 189 Å². The Kier molecular flexibility index (Phi) is 6.66. The van der Waals surface area contributed by atoms with Gasteiger partial charge in [0, 0.05) is 12.1 Å². The summed E-state index contributed by atoms with van der Waals surface area (Å²) in [5.41, 5.74) is 1.90. The van der Waals surface area contributed by atoms with Crippen LogP contribution in [0.5, 0.6) is 5.75 Å². The highest BCUT2D eigenvalue weighted by atomic mass is 32.2. The van der Waals surface area contributed by atoms with E-state index in [0.29, 0.717) is 33.6 Å². The minimum atomic E-state index is -0.335. The average Bonchev–Trinajstić information content (AvgIpc) is 3.09. The predicted octanol–water partition coefficient (Wildman–Crippen LogP) is 6.17. The van der Waals surface area contributed by atoms with Crippen LogP contribution in [0.2, 0.25) is 0 Å². The molecular weight excluding hydrogens is 430 g/mol. The van der Waals surface area contributed by atoms with Crippen molar-refractivity contribution in [3.63, 3.8) is 0 Å². The minimum absolute atomic E-state index is 0.127.